The number of rotatable bonds is 1. The topological polar surface area (TPSA) is 34.1 Å². The molecule has 1 aliphatic carbocycles. The maximum Gasteiger partial charge on any atom is 0.177 e. The van der Waals surface area contributed by atoms with Crippen LogP contribution in [-0.4, -0.2) is 11.6 Å². The van der Waals surface area contributed by atoms with Crippen molar-refractivity contribution >= 4 is 11.6 Å². The molecule has 0 amide bonds. The predicted octanol–water partition coefficient (Wildman–Crippen LogP) is 2.73. The van der Waals surface area contributed by atoms with Gasteiger partial charge in [0.05, 0.1) is 5.41 Å². The summed E-state index contributed by atoms with van der Waals surface area (Å²) < 4.78 is 0. The van der Waals surface area contributed by atoms with Gasteiger partial charge in [-0.05, 0) is 13.3 Å². The lowest BCUT2D eigenvalue weighted by Crippen LogP contribution is -2.28. The van der Waals surface area contributed by atoms with E-state index in [1.165, 1.54) is 0 Å². The van der Waals surface area contributed by atoms with Crippen LogP contribution in [-0.2, 0) is 0 Å². The summed E-state index contributed by atoms with van der Waals surface area (Å²) in [5, 5.41) is 0. The smallest absolute Gasteiger partial charge is 0.177 e. The van der Waals surface area contributed by atoms with Gasteiger partial charge in [0.15, 0.2) is 11.6 Å². The highest BCUT2D eigenvalue weighted by Crippen LogP contribution is 2.38. The van der Waals surface area contributed by atoms with Gasteiger partial charge in [0, 0.05) is 11.1 Å². The molecule has 1 aromatic rings. The van der Waals surface area contributed by atoms with E-state index in [1.807, 2.05) is 6.92 Å². The van der Waals surface area contributed by atoms with Crippen LogP contribution in [0.25, 0.3) is 0 Å². The molecule has 0 bridgehead atoms. The standard InChI is InChI=1S/C12H12O2.C2H2/c1-3-12(2)10(13)8-6-4-5-7-9(8)11(12)14;1-2/h4-7H,3H2,1-2H3;1-2H. The van der Waals surface area contributed by atoms with Crippen LogP contribution in [0.4, 0.5) is 0 Å². The fourth-order valence-corrected chi connectivity index (χ4v) is 1.90. The normalized spacial score (nSPS) is 16.2. The number of Topliss-reactive ketones (excluding diaryl/α,β-unsaturated/α-hetero) is 2. The summed E-state index contributed by atoms with van der Waals surface area (Å²) in [6, 6.07) is 7.06. The summed E-state index contributed by atoms with van der Waals surface area (Å²) >= 11 is 0. The van der Waals surface area contributed by atoms with Crippen LogP contribution >= 0.6 is 0 Å². The van der Waals surface area contributed by atoms with Crippen molar-refractivity contribution in [3.05, 3.63) is 35.4 Å². The lowest BCUT2D eigenvalue weighted by atomic mass is 9.82. The number of fused-ring (bicyclic) bond motifs is 1. The first-order chi connectivity index (χ1) is 7.61. The molecule has 1 aromatic carbocycles. The highest BCUT2D eigenvalue weighted by Gasteiger charge is 2.47. The van der Waals surface area contributed by atoms with Crippen LogP contribution in [0.2, 0.25) is 0 Å². The molecule has 0 aromatic heterocycles. The second kappa shape index (κ2) is 4.32. The first-order valence-electron chi connectivity index (χ1n) is 5.13. The van der Waals surface area contributed by atoms with Crippen molar-refractivity contribution in [3.63, 3.8) is 0 Å². The summed E-state index contributed by atoms with van der Waals surface area (Å²) in [5.41, 5.74) is 0.354. The van der Waals surface area contributed by atoms with Crippen molar-refractivity contribution in [2.75, 3.05) is 0 Å². The molecule has 0 unspecified atom stereocenters. The Morgan fingerprint density at radius 3 is 1.75 bits per heavy atom. The van der Waals surface area contributed by atoms with Gasteiger partial charge < -0.3 is 0 Å². The Balaban J connectivity index is 0.000000606. The molecular weight excluding hydrogens is 200 g/mol. The Kier molecular flexibility index (Phi) is 3.29. The number of carbonyl (C=O) groups excluding carboxylic acids is 2. The van der Waals surface area contributed by atoms with Crippen LogP contribution in [0.5, 0.6) is 0 Å². The Labute approximate surface area is 95.7 Å². The number of hydrogen-bond donors (Lipinski definition) is 0. The minimum Gasteiger partial charge on any atom is -0.293 e. The van der Waals surface area contributed by atoms with Crippen molar-refractivity contribution in [1.29, 1.82) is 0 Å². The van der Waals surface area contributed by atoms with Gasteiger partial charge in [0.25, 0.3) is 0 Å². The maximum absolute atomic E-state index is 11.9. The Morgan fingerprint density at radius 1 is 1.06 bits per heavy atom. The molecule has 0 atom stereocenters. The fourth-order valence-electron chi connectivity index (χ4n) is 1.90. The van der Waals surface area contributed by atoms with Crippen molar-refractivity contribution in [1.82, 2.24) is 0 Å². The van der Waals surface area contributed by atoms with E-state index in [9.17, 15) is 9.59 Å². The largest absolute Gasteiger partial charge is 0.293 e. The molecule has 2 heteroatoms. The van der Waals surface area contributed by atoms with Crippen LogP contribution < -0.4 is 0 Å². The number of hydrogen-bond acceptors (Lipinski definition) is 2. The maximum atomic E-state index is 11.9. The average molecular weight is 214 g/mol. The third kappa shape index (κ3) is 1.45. The zero-order valence-corrected chi connectivity index (χ0v) is 9.49. The van der Waals surface area contributed by atoms with Gasteiger partial charge in [0.1, 0.15) is 0 Å². The average Bonchev–Trinajstić information content (AvgIpc) is 2.56. The summed E-state index contributed by atoms with van der Waals surface area (Å²) in [5.74, 6) is -0.0544. The number of ketones is 2. The number of benzene rings is 1. The van der Waals surface area contributed by atoms with Crippen molar-refractivity contribution < 1.29 is 9.59 Å². The van der Waals surface area contributed by atoms with Crippen LogP contribution in [0.1, 0.15) is 41.0 Å². The fraction of sp³-hybridized carbons (Fsp3) is 0.286. The minimum atomic E-state index is -0.816. The first-order valence-corrected chi connectivity index (χ1v) is 5.13. The Hall–Kier alpha value is -1.88. The molecule has 0 N–H and O–H groups in total. The second-order valence-electron chi connectivity index (χ2n) is 3.89. The van der Waals surface area contributed by atoms with Gasteiger partial charge >= 0.3 is 0 Å². The Morgan fingerprint density at radius 2 is 1.44 bits per heavy atom. The molecular formula is C14H14O2. The van der Waals surface area contributed by atoms with E-state index >= 15 is 0 Å². The predicted molar refractivity (Wildman–Crippen MR) is 63.4 cm³/mol. The van der Waals surface area contributed by atoms with E-state index in [1.54, 1.807) is 31.2 Å². The third-order valence-corrected chi connectivity index (χ3v) is 3.13. The molecule has 0 spiro atoms. The summed E-state index contributed by atoms with van der Waals surface area (Å²) in [6.07, 6.45) is 8.57. The molecule has 0 fully saturated rings. The van der Waals surface area contributed by atoms with Gasteiger partial charge in [-0.2, -0.15) is 0 Å². The van der Waals surface area contributed by atoms with Gasteiger partial charge in [0.2, 0.25) is 0 Å². The minimum absolute atomic E-state index is 0.0272. The van der Waals surface area contributed by atoms with E-state index < -0.39 is 5.41 Å². The number of terminal acetylenes is 1. The summed E-state index contributed by atoms with van der Waals surface area (Å²) in [7, 11) is 0. The zero-order chi connectivity index (χ0) is 12.3. The quantitative estimate of drug-likeness (QED) is 0.532. The van der Waals surface area contributed by atoms with E-state index in [-0.39, 0.29) is 11.6 Å². The molecule has 2 nitrogen and oxygen atoms in total. The van der Waals surface area contributed by atoms with Gasteiger partial charge in [-0.1, -0.05) is 31.2 Å². The molecule has 2 rings (SSSR count). The van der Waals surface area contributed by atoms with Crippen LogP contribution in [0, 0.1) is 18.3 Å². The molecule has 0 saturated carbocycles. The molecule has 1 aliphatic rings. The molecule has 0 heterocycles. The highest BCUT2D eigenvalue weighted by molar-refractivity contribution is 6.29. The van der Waals surface area contributed by atoms with Gasteiger partial charge in [-0.25, -0.2) is 0 Å². The first kappa shape index (κ1) is 12.2. The number of carbonyl (C=O) groups is 2. The zero-order valence-electron chi connectivity index (χ0n) is 9.49. The summed E-state index contributed by atoms with van der Waals surface area (Å²) in [4.78, 5) is 23.9. The third-order valence-electron chi connectivity index (χ3n) is 3.13. The second-order valence-corrected chi connectivity index (χ2v) is 3.89. The van der Waals surface area contributed by atoms with E-state index in [2.05, 4.69) is 12.8 Å². The SMILES string of the molecule is C#C.CCC1(C)C(=O)c2ccccc2C1=O. The van der Waals surface area contributed by atoms with E-state index in [4.69, 9.17) is 0 Å². The van der Waals surface area contributed by atoms with Gasteiger partial charge in [-0.3, -0.25) is 9.59 Å². The molecule has 0 saturated heterocycles. The molecule has 16 heavy (non-hydrogen) atoms. The molecule has 0 radical (unpaired) electrons. The van der Waals surface area contributed by atoms with Crippen LogP contribution in [0.3, 0.4) is 0 Å². The van der Waals surface area contributed by atoms with Crippen LogP contribution in [0.15, 0.2) is 24.3 Å². The van der Waals surface area contributed by atoms with Crippen molar-refractivity contribution in [3.8, 4) is 12.8 Å². The van der Waals surface area contributed by atoms with E-state index in [0.29, 0.717) is 17.5 Å². The Bertz CT molecular complexity index is 420. The summed E-state index contributed by atoms with van der Waals surface area (Å²) in [6.45, 7) is 3.61. The lowest BCUT2D eigenvalue weighted by Gasteiger charge is -2.16. The highest BCUT2D eigenvalue weighted by atomic mass is 16.2. The molecule has 82 valence electrons. The van der Waals surface area contributed by atoms with Crippen molar-refractivity contribution in [2.24, 2.45) is 5.41 Å². The van der Waals surface area contributed by atoms with E-state index in [0.717, 1.165) is 0 Å². The monoisotopic (exact) mass is 214 g/mol. The van der Waals surface area contributed by atoms with Crippen molar-refractivity contribution in [2.45, 2.75) is 20.3 Å². The molecule has 0 aliphatic heterocycles. The van der Waals surface area contributed by atoms with Gasteiger partial charge in [-0.15, -0.1) is 12.8 Å². The lowest BCUT2D eigenvalue weighted by molar-refractivity contribution is 0.0717.